The van der Waals surface area contributed by atoms with Crippen molar-refractivity contribution in [1.82, 2.24) is 15.4 Å². The van der Waals surface area contributed by atoms with E-state index in [1.54, 1.807) is 7.11 Å². The van der Waals surface area contributed by atoms with Crippen molar-refractivity contribution in [3.63, 3.8) is 0 Å². The van der Waals surface area contributed by atoms with Crippen LogP contribution in [0.2, 0.25) is 0 Å². The number of nitrogens with zero attached hydrogens (tertiary/aromatic N) is 2. The zero-order chi connectivity index (χ0) is 12.8. The summed E-state index contributed by atoms with van der Waals surface area (Å²) in [7, 11) is 3.68. The molecule has 1 saturated heterocycles. The smallest absolute Gasteiger partial charge is 0.162 e. The lowest BCUT2D eigenvalue weighted by Crippen LogP contribution is -2.44. The first-order valence-corrected chi connectivity index (χ1v) is 6.65. The van der Waals surface area contributed by atoms with Gasteiger partial charge >= 0.3 is 0 Å². The van der Waals surface area contributed by atoms with Crippen molar-refractivity contribution in [2.45, 2.75) is 38.5 Å². The zero-order valence-electron chi connectivity index (χ0n) is 11.3. The second-order valence-corrected chi connectivity index (χ2v) is 4.90. The SMILES string of the molecule is CNCC1CCCCN1Cc1cc(COC)on1. The molecule has 1 unspecified atom stereocenters. The van der Waals surface area contributed by atoms with Gasteiger partial charge in [0.2, 0.25) is 0 Å². The molecule has 0 spiro atoms. The largest absolute Gasteiger partial charge is 0.377 e. The molecule has 0 amide bonds. The Bertz CT molecular complexity index is 352. The molecule has 102 valence electrons. The molecule has 1 atom stereocenters. The highest BCUT2D eigenvalue weighted by molar-refractivity contribution is 5.05. The van der Waals surface area contributed by atoms with E-state index in [0.717, 1.165) is 31.1 Å². The number of piperidine rings is 1. The number of likely N-dealkylation sites (N-methyl/N-ethyl adjacent to an activating group) is 1. The summed E-state index contributed by atoms with van der Waals surface area (Å²) in [5, 5.41) is 7.38. The number of likely N-dealkylation sites (tertiary alicyclic amines) is 1. The third-order valence-electron chi connectivity index (χ3n) is 3.45. The van der Waals surface area contributed by atoms with Crippen LogP contribution in [0, 0.1) is 0 Å². The Morgan fingerprint density at radius 2 is 2.44 bits per heavy atom. The van der Waals surface area contributed by atoms with E-state index >= 15 is 0 Å². The van der Waals surface area contributed by atoms with E-state index in [4.69, 9.17) is 9.26 Å². The number of methoxy groups -OCH3 is 1. The summed E-state index contributed by atoms with van der Waals surface area (Å²) in [5.41, 5.74) is 1.00. The van der Waals surface area contributed by atoms with Crippen LogP contribution in [0.15, 0.2) is 10.6 Å². The summed E-state index contributed by atoms with van der Waals surface area (Å²) in [4.78, 5) is 2.49. The normalized spacial score (nSPS) is 21.3. The zero-order valence-corrected chi connectivity index (χ0v) is 11.3. The van der Waals surface area contributed by atoms with Crippen LogP contribution in [0.3, 0.4) is 0 Å². The first-order valence-electron chi connectivity index (χ1n) is 6.65. The molecule has 1 N–H and O–H groups in total. The van der Waals surface area contributed by atoms with Crippen molar-refractivity contribution >= 4 is 0 Å². The monoisotopic (exact) mass is 253 g/mol. The van der Waals surface area contributed by atoms with E-state index < -0.39 is 0 Å². The minimum atomic E-state index is 0.493. The molecule has 0 saturated carbocycles. The quantitative estimate of drug-likeness (QED) is 0.830. The van der Waals surface area contributed by atoms with Crippen LogP contribution in [0.4, 0.5) is 0 Å². The third-order valence-corrected chi connectivity index (χ3v) is 3.45. The molecule has 0 aromatic carbocycles. The maximum atomic E-state index is 5.22. The number of nitrogens with one attached hydrogen (secondary N) is 1. The van der Waals surface area contributed by atoms with E-state index in [1.165, 1.54) is 19.3 Å². The molecule has 0 aliphatic carbocycles. The maximum absolute atomic E-state index is 5.22. The molecule has 18 heavy (non-hydrogen) atoms. The van der Waals surface area contributed by atoms with Crippen LogP contribution in [-0.4, -0.2) is 43.3 Å². The Balaban J connectivity index is 1.92. The molecular formula is C13H23N3O2. The van der Waals surface area contributed by atoms with Gasteiger partial charge in [-0.25, -0.2) is 0 Å². The molecule has 0 bridgehead atoms. The molecule has 1 aromatic heterocycles. The molecule has 5 heteroatoms. The van der Waals surface area contributed by atoms with Crippen molar-refractivity contribution in [3.05, 3.63) is 17.5 Å². The van der Waals surface area contributed by atoms with Crippen molar-refractivity contribution in [2.24, 2.45) is 0 Å². The molecule has 0 radical (unpaired) electrons. The Morgan fingerprint density at radius 1 is 1.56 bits per heavy atom. The molecule has 2 rings (SSSR count). The molecule has 1 aromatic rings. The van der Waals surface area contributed by atoms with E-state index in [2.05, 4.69) is 15.4 Å². The van der Waals surface area contributed by atoms with Gasteiger partial charge in [0.05, 0.1) is 5.69 Å². The fraction of sp³-hybridized carbons (Fsp3) is 0.769. The molecule has 1 aliphatic rings. The predicted octanol–water partition coefficient (Wildman–Crippen LogP) is 1.39. The summed E-state index contributed by atoms with van der Waals surface area (Å²) in [6.45, 7) is 3.56. The highest BCUT2D eigenvalue weighted by Crippen LogP contribution is 2.19. The first kappa shape index (κ1) is 13.5. The molecule has 1 fully saturated rings. The average Bonchev–Trinajstić information content (AvgIpc) is 2.80. The van der Waals surface area contributed by atoms with E-state index in [1.807, 2.05) is 13.1 Å². The lowest BCUT2D eigenvalue weighted by molar-refractivity contribution is 0.134. The number of hydrogen-bond acceptors (Lipinski definition) is 5. The second-order valence-electron chi connectivity index (χ2n) is 4.90. The van der Waals surface area contributed by atoms with Crippen LogP contribution in [0.5, 0.6) is 0 Å². The lowest BCUT2D eigenvalue weighted by Gasteiger charge is -2.35. The summed E-state index contributed by atoms with van der Waals surface area (Å²) in [6.07, 6.45) is 3.88. The van der Waals surface area contributed by atoms with Crippen LogP contribution < -0.4 is 5.32 Å². The predicted molar refractivity (Wildman–Crippen MR) is 69.2 cm³/mol. The van der Waals surface area contributed by atoms with Gasteiger partial charge in [-0.15, -0.1) is 0 Å². The standard InChI is InChI=1S/C13H23N3O2/c1-14-8-12-5-3-4-6-16(12)9-11-7-13(10-17-2)18-15-11/h7,12,14H,3-6,8-10H2,1-2H3. The summed E-state index contributed by atoms with van der Waals surface area (Å²) < 4.78 is 10.3. The number of ether oxygens (including phenoxy) is 1. The minimum absolute atomic E-state index is 0.493. The lowest BCUT2D eigenvalue weighted by atomic mass is 10.0. The summed E-state index contributed by atoms with van der Waals surface area (Å²) in [5.74, 6) is 0.801. The second kappa shape index (κ2) is 6.87. The fourth-order valence-electron chi connectivity index (χ4n) is 2.58. The highest BCUT2D eigenvalue weighted by Gasteiger charge is 2.22. The Hall–Kier alpha value is -0.910. The van der Waals surface area contributed by atoms with E-state index in [-0.39, 0.29) is 0 Å². The summed E-state index contributed by atoms with van der Waals surface area (Å²) >= 11 is 0. The average molecular weight is 253 g/mol. The van der Waals surface area contributed by atoms with E-state index in [0.29, 0.717) is 12.6 Å². The van der Waals surface area contributed by atoms with Crippen molar-refractivity contribution in [1.29, 1.82) is 0 Å². The molecule has 2 heterocycles. The van der Waals surface area contributed by atoms with Crippen molar-refractivity contribution in [3.8, 4) is 0 Å². The topological polar surface area (TPSA) is 50.5 Å². The number of rotatable bonds is 6. The first-order chi connectivity index (χ1) is 8.83. The minimum Gasteiger partial charge on any atom is -0.377 e. The molecular weight excluding hydrogens is 230 g/mol. The maximum Gasteiger partial charge on any atom is 0.162 e. The highest BCUT2D eigenvalue weighted by atomic mass is 16.5. The Morgan fingerprint density at radius 3 is 3.22 bits per heavy atom. The van der Waals surface area contributed by atoms with Gasteiger partial charge in [-0.05, 0) is 26.4 Å². The third kappa shape index (κ3) is 3.54. The fourth-order valence-corrected chi connectivity index (χ4v) is 2.58. The van der Waals surface area contributed by atoms with Gasteiger partial charge in [-0.1, -0.05) is 11.6 Å². The molecule has 5 nitrogen and oxygen atoms in total. The van der Waals surface area contributed by atoms with Gasteiger partial charge in [-0.2, -0.15) is 0 Å². The number of hydrogen-bond donors (Lipinski definition) is 1. The van der Waals surface area contributed by atoms with Gasteiger partial charge in [0.25, 0.3) is 0 Å². The summed E-state index contributed by atoms with van der Waals surface area (Å²) in [6, 6.07) is 2.61. The van der Waals surface area contributed by atoms with Gasteiger partial charge in [0, 0.05) is 32.3 Å². The number of aromatic nitrogens is 1. The van der Waals surface area contributed by atoms with Gasteiger partial charge < -0.3 is 14.6 Å². The molecule has 1 aliphatic heterocycles. The van der Waals surface area contributed by atoms with E-state index in [9.17, 15) is 0 Å². The van der Waals surface area contributed by atoms with Crippen LogP contribution in [0.25, 0.3) is 0 Å². The van der Waals surface area contributed by atoms with Crippen molar-refractivity contribution < 1.29 is 9.26 Å². The van der Waals surface area contributed by atoms with Crippen LogP contribution >= 0.6 is 0 Å². The van der Waals surface area contributed by atoms with Crippen LogP contribution in [-0.2, 0) is 17.9 Å². The Labute approximate surface area is 108 Å². The van der Waals surface area contributed by atoms with Gasteiger partial charge in [0.1, 0.15) is 6.61 Å². The van der Waals surface area contributed by atoms with Crippen LogP contribution in [0.1, 0.15) is 30.7 Å². The van der Waals surface area contributed by atoms with Gasteiger partial charge in [-0.3, -0.25) is 4.90 Å². The Kier molecular flexibility index (Phi) is 5.16. The van der Waals surface area contributed by atoms with Crippen molar-refractivity contribution in [2.75, 3.05) is 27.2 Å². The van der Waals surface area contributed by atoms with Gasteiger partial charge in [0.15, 0.2) is 5.76 Å².